The minimum absolute atomic E-state index is 0.105. The molecular weight excluding hydrogens is 222 g/mol. The fourth-order valence-electron chi connectivity index (χ4n) is 0.986. The first-order valence-corrected chi connectivity index (χ1v) is 4.99. The molecule has 0 unspecified atom stereocenters. The van der Waals surface area contributed by atoms with Crippen molar-refractivity contribution in [2.45, 2.75) is 6.54 Å². The normalized spacial score (nSPS) is 10.3. The van der Waals surface area contributed by atoms with E-state index in [1.54, 1.807) is 5.51 Å². The zero-order chi connectivity index (χ0) is 10.7. The molecule has 0 aliphatic carbocycles. The zero-order valence-electron chi connectivity index (χ0n) is 7.44. The van der Waals surface area contributed by atoms with E-state index < -0.39 is 12.0 Å². The van der Waals surface area contributed by atoms with E-state index in [-0.39, 0.29) is 5.82 Å². The van der Waals surface area contributed by atoms with Gasteiger partial charge in [-0.15, -0.1) is 11.3 Å². The molecule has 0 atom stereocenters. The van der Waals surface area contributed by atoms with Gasteiger partial charge in [-0.05, 0) is 0 Å². The van der Waals surface area contributed by atoms with Gasteiger partial charge in [-0.25, -0.2) is 4.98 Å². The molecule has 0 aliphatic heterocycles. The first kappa shape index (κ1) is 9.91. The molecule has 2 aromatic rings. The van der Waals surface area contributed by atoms with Crippen LogP contribution in [-0.4, -0.2) is 15.0 Å². The van der Waals surface area contributed by atoms with E-state index in [0.717, 1.165) is 11.8 Å². The fourth-order valence-corrected chi connectivity index (χ4v) is 1.54. The molecule has 7 heteroatoms. The fraction of sp³-hybridized carbons (Fsp3) is 0.125. The second kappa shape index (κ2) is 4.26. The quantitative estimate of drug-likeness (QED) is 0.643. The molecular formula is C8H6F2N4S. The number of anilines is 1. The maximum Gasteiger partial charge on any atom is 0.313 e. The highest BCUT2D eigenvalue weighted by atomic mass is 32.1. The van der Waals surface area contributed by atoms with E-state index >= 15 is 0 Å². The Kier molecular flexibility index (Phi) is 2.82. The zero-order valence-corrected chi connectivity index (χ0v) is 8.26. The van der Waals surface area contributed by atoms with E-state index in [4.69, 9.17) is 0 Å². The van der Waals surface area contributed by atoms with Crippen LogP contribution in [0.4, 0.5) is 14.6 Å². The molecule has 2 rings (SSSR count). The Morgan fingerprint density at radius 1 is 1.33 bits per heavy atom. The number of nitrogens with zero attached hydrogens (tertiary/aromatic N) is 3. The Bertz CT molecular complexity index is 426. The van der Waals surface area contributed by atoms with Crippen molar-refractivity contribution in [3.63, 3.8) is 0 Å². The molecule has 0 saturated carbocycles. The molecule has 0 amide bonds. The molecule has 4 nitrogen and oxygen atoms in total. The average molecular weight is 228 g/mol. The van der Waals surface area contributed by atoms with Crippen molar-refractivity contribution in [1.29, 1.82) is 0 Å². The predicted octanol–water partition coefficient (Wildman–Crippen LogP) is 1.82. The summed E-state index contributed by atoms with van der Waals surface area (Å²) in [5.74, 6) is -0.795. The van der Waals surface area contributed by atoms with E-state index in [1.165, 1.54) is 11.3 Å². The minimum Gasteiger partial charge on any atom is -0.364 e. The predicted molar refractivity (Wildman–Crippen MR) is 51.4 cm³/mol. The van der Waals surface area contributed by atoms with Crippen LogP contribution in [0.3, 0.4) is 0 Å². The van der Waals surface area contributed by atoms with Gasteiger partial charge in [0.2, 0.25) is 5.95 Å². The number of hydrogen-bond donors (Lipinski definition) is 1. The third-order valence-corrected chi connectivity index (χ3v) is 2.24. The molecule has 0 bridgehead atoms. The molecule has 0 aromatic carbocycles. The number of halogens is 2. The van der Waals surface area contributed by atoms with Crippen LogP contribution in [0, 0.1) is 12.0 Å². The second-order valence-electron chi connectivity index (χ2n) is 2.68. The molecule has 1 N–H and O–H groups in total. The van der Waals surface area contributed by atoms with Gasteiger partial charge in [-0.3, -0.25) is 0 Å². The molecule has 2 heterocycles. The number of thiazole rings is 1. The summed E-state index contributed by atoms with van der Waals surface area (Å²) in [5, 5.41) is 4.58. The van der Waals surface area contributed by atoms with Gasteiger partial charge < -0.3 is 5.32 Å². The summed E-state index contributed by atoms with van der Waals surface area (Å²) < 4.78 is 25.2. The summed E-state index contributed by atoms with van der Waals surface area (Å²) in [4.78, 5) is 10.3. The van der Waals surface area contributed by atoms with Crippen molar-refractivity contribution < 1.29 is 8.78 Å². The van der Waals surface area contributed by atoms with E-state index in [1.807, 2.05) is 5.38 Å². The summed E-state index contributed by atoms with van der Waals surface area (Å²) in [7, 11) is 0. The van der Waals surface area contributed by atoms with Gasteiger partial charge >= 0.3 is 6.08 Å². The SMILES string of the molecule is Fc1cc(NCc2cscn2)nc(F)n1. The van der Waals surface area contributed by atoms with Gasteiger partial charge in [0, 0.05) is 11.4 Å². The molecule has 0 radical (unpaired) electrons. The second-order valence-corrected chi connectivity index (χ2v) is 3.40. The van der Waals surface area contributed by atoms with Gasteiger partial charge in [0.1, 0.15) is 5.82 Å². The van der Waals surface area contributed by atoms with Crippen LogP contribution in [0.5, 0.6) is 0 Å². The monoisotopic (exact) mass is 228 g/mol. The smallest absolute Gasteiger partial charge is 0.313 e. The number of rotatable bonds is 3. The van der Waals surface area contributed by atoms with E-state index in [0.29, 0.717) is 6.54 Å². The minimum atomic E-state index is -1.09. The van der Waals surface area contributed by atoms with E-state index in [9.17, 15) is 8.78 Å². The molecule has 15 heavy (non-hydrogen) atoms. The Balaban J connectivity index is 2.05. The third kappa shape index (κ3) is 2.66. The average Bonchev–Trinajstić information content (AvgIpc) is 2.65. The van der Waals surface area contributed by atoms with Gasteiger partial charge in [0.15, 0.2) is 0 Å². The number of aromatic nitrogens is 3. The Morgan fingerprint density at radius 2 is 2.20 bits per heavy atom. The highest BCUT2D eigenvalue weighted by Gasteiger charge is 2.03. The highest BCUT2D eigenvalue weighted by molar-refractivity contribution is 7.07. The van der Waals surface area contributed by atoms with E-state index in [2.05, 4.69) is 20.3 Å². The van der Waals surface area contributed by atoms with Gasteiger partial charge in [0.25, 0.3) is 0 Å². The molecule has 0 aliphatic rings. The lowest BCUT2D eigenvalue weighted by molar-refractivity contribution is 0.484. The summed E-state index contributed by atoms with van der Waals surface area (Å²) >= 11 is 1.45. The van der Waals surface area contributed by atoms with Crippen molar-refractivity contribution in [3.8, 4) is 0 Å². The van der Waals surface area contributed by atoms with Crippen LogP contribution < -0.4 is 5.32 Å². The summed E-state index contributed by atoms with van der Waals surface area (Å²) in [5.41, 5.74) is 2.47. The largest absolute Gasteiger partial charge is 0.364 e. The Labute approximate surface area is 88.0 Å². The molecule has 2 aromatic heterocycles. The van der Waals surface area contributed by atoms with Gasteiger partial charge in [-0.1, -0.05) is 0 Å². The molecule has 0 fully saturated rings. The molecule has 0 spiro atoms. The van der Waals surface area contributed by atoms with Crippen LogP contribution in [0.15, 0.2) is 17.0 Å². The van der Waals surface area contributed by atoms with Gasteiger partial charge in [0.05, 0.1) is 17.7 Å². The van der Waals surface area contributed by atoms with Crippen LogP contribution in [0.1, 0.15) is 5.69 Å². The first-order chi connectivity index (χ1) is 7.24. The van der Waals surface area contributed by atoms with Crippen molar-refractivity contribution in [1.82, 2.24) is 15.0 Å². The van der Waals surface area contributed by atoms with Crippen molar-refractivity contribution in [3.05, 3.63) is 34.7 Å². The Hall–Kier alpha value is -1.63. The third-order valence-electron chi connectivity index (χ3n) is 1.60. The van der Waals surface area contributed by atoms with Crippen LogP contribution in [0.2, 0.25) is 0 Å². The highest BCUT2D eigenvalue weighted by Crippen LogP contribution is 2.07. The number of nitrogens with one attached hydrogen (secondary N) is 1. The maximum atomic E-state index is 12.6. The van der Waals surface area contributed by atoms with Crippen molar-refractivity contribution >= 4 is 17.2 Å². The van der Waals surface area contributed by atoms with Crippen LogP contribution >= 0.6 is 11.3 Å². The Morgan fingerprint density at radius 3 is 2.87 bits per heavy atom. The van der Waals surface area contributed by atoms with Crippen molar-refractivity contribution in [2.75, 3.05) is 5.32 Å². The topological polar surface area (TPSA) is 50.7 Å². The van der Waals surface area contributed by atoms with Gasteiger partial charge in [-0.2, -0.15) is 18.7 Å². The summed E-state index contributed by atoms with van der Waals surface area (Å²) in [6, 6.07) is 1.02. The lowest BCUT2D eigenvalue weighted by Crippen LogP contribution is -2.04. The molecule has 0 saturated heterocycles. The van der Waals surface area contributed by atoms with Crippen LogP contribution in [-0.2, 0) is 6.54 Å². The van der Waals surface area contributed by atoms with Crippen molar-refractivity contribution in [2.24, 2.45) is 0 Å². The lowest BCUT2D eigenvalue weighted by atomic mass is 10.4. The summed E-state index contributed by atoms with van der Waals surface area (Å²) in [6.07, 6.45) is -1.09. The maximum absolute atomic E-state index is 12.6. The number of hydrogen-bond acceptors (Lipinski definition) is 5. The molecule has 78 valence electrons. The lowest BCUT2D eigenvalue weighted by Gasteiger charge is -2.02. The first-order valence-electron chi connectivity index (χ1n) is 4.05. The van der Waals surface area contributed by atoms with Crippen LogP contribution in [0.25, 0.3) is 0 Å². The summed E-state index contributed by atoms with van der Waals surface area (Å²) in [6.45, 7) is 0.374. The standard InChI is InChI=1S/C8H6F2N4S/c9-6-1-7(14-8(10)13-6)11-2-5-3-15-4-12-5/h1,3-4H,2H2,(H,11,13,14).